The molecule has 0 unspecified atom stereocenters. The van der Waals surface area contributed by atoms with Crippen molar-refractivity contribution in [1.29, 1.82) is 0 Å². The van der Waals surface area contributed by atoms with E-state index in [1.807, 2.05) is 20.8 Å². The van der Waals surface area contributed by atoms with Crippen molar-refractivity contribution < 1.29 is 19.0 Å². The van der Waals surface area contributed by atoms with Crippen molar-refractivity contribution in [1.82, 2.24) is 0 Å². The summed E-state index contributed by atoms with van der Waals surface area (Å²) in [4.78, 5) is 11.0. The number of aromatic hydroxyl groups is 1. The third kappa shape index (κ3) is 2.52. The molecular formula is C15H16FNO3. The van der Waals surface area contributed by atoms with E-state index >= 15 is 0 Å². The van der Waals surface area contributed by atoms with E-state index in [2.05, 4.69) is 0 Å². The predicted molar refractivity (Wildman–Crippen MR) is 74.5 cm³/mol. The molecule has 0 radical (unpaired) electrons. The summed E-state index contributed by atoms with van der Waals surface area (Å²) < 4.78 is 18.3. The van der Waals surface area contributed by atoms with Gasteiger partial charge in [0.2, 0.25) is 0 Å². The van der Waals surface area contributed by atoms with Crippen molar-refractivity contribution in [3.05, 3.63) is 35.6 Å². The second-order valence-corrected chi connectivity index (χ2v) is 5.63. The van der Waals surface area contributed by atoms with Gasteiger partial charge in [0.25, 0.3) is 0 Å². The van der Waals surface area contributed by atoms with E-state index in [9.17, 15) is 14.3 Å². The van der Waals surface area contributed by atoms with Crippen molar-refractivity contribution >= 4 is 16.9 Å². The van der Waals surface area contributed by atoms with Crippen LogP contribution in [0, 0.1) is 5.82 Å². The largest absolute Gasteiger partial charge is 0.507 e. The quantitative estimate of drug-likeness (QED) is 0.838. The van der Waals surface area contributed by atoms with Crippen molar-refractivity contribution in [3.63, 3.8) is 0 Å². The molecule has 0 aromatic heterocycles. The van der Waals surface area contributed by atoms with Crippen molar-refractivity contribution in [2.24, 2.45) is 5.73 Å². The van der Waals surface area contributed by atoms with Gasteiger partial charge in [-0.15, -0.1) is 0 Å². The number of carbonyl (C=O) groups is 1. The smallest absolute Gasteiger partial charge is 0.409 e. The number of hydrogen-bond donors (Lipinski definition) is 2. The molecule has 1 amide bonds. The van der Waals surface area contributed by atoms with Crippen LogP contribution in [0.5, 0.6) is 11.5 Å². The van der Waals surface area contributed by atoms with Crippen LogP contribution in [0.25, 0.3) is 10.8 Å². The van der Waals surface area contributed by atoms with Gasteiger partial charge in [-0.05, 0) is 22.9 Å². The maximum Gasteiger partial charge on any atom is 0.409 e. The van der Waals surface area contributed by atoms with Gasteiger partial charge in [0.05, 0.1) is 0 Å². The Morgan fingerprint density at radius 3 is 2.45 bits per heavy atom. The number of amides is 1. The number of primary amides is 1. The first kappa shape index (κ1) is 14.1. The molecule has 0 atom stereocenters. The molecule has 0 spiro atoms. The molecule has 2 rings (SSSR count). The molecule has 0 saturated carbocycles. The Kier molecular flexibility index (Phi) is 3.29. The van der Waals surface area contributed by atoms with Crippen LogP contribution >= 0.6 is 0 Å². The Morgan fingerprint density at radius 2 is 1.90 bits per heavy atom. The van der Waals surface area contributed by atoms with Gasteiger partial charge in [-0.1, -0.05) is 26.8 Å². The topological polar surface area (TPSA) is 72.5 Å². The van der Waals surface area contributed by atoms with E-state index in [1.54, 1.807) is 6.07 Å². The molecule has 0 aliphatic carbocycles. The average molecular weight is 277 g/mol. The van der Waals surface area contributed by atoms with Gasteiger partial charge in [-0.2, -0.15) is 0 Å². The highest BCUT2D eigenvalue weighted by atomic mass is 19.1. The number of benzene rings is 2. The Balaban J connectivity index is 2.87. The molecule has 2 aromatic carbocycles. The summed E-state index contributed by atoms with van der Waals surface area (Å²) in [7, 11) is 0. The Bertz CT molecular complexity index is 690. The lowest BCUT2D eigenvalue weighted by molar-refractivity contribution is 0.210. The number of fused-ring (bicyclic) bond motifs is 1. The van der Waals surface area contributed by atoms with Crippen LogP contribution in [0.15, 0.2) is 24.3 Å². The zero-order chi connectivity index (χ0) is 15.1. The fourth-order valence-corrected chi connectivity index (χ4v) is 2.32. The van der Waals surface area contributed by atoms with Crippen LogP contribution < -0.4 is 10.5 Å². The first-order chi connectivity index (χ1) is 9.20. The molecule has 0 bridgehead atoms. The maximum atomic E-state index is 13.3. The predicted octanol–water partition coefficient (Wildman–Crippen LogP) is 3.44. The average Bonchev–Trinajstić information content (AvgIpc) is 2.27. The number of halogens is 1. The summed E-state index contributed by atoms with van der Waals surface area (Å²) in [6, 6.07) is 5.38. The van der Waals surface area contributed by atoms with Gasteiger partial charge in [-0.3, -0.25) is 0 Å². The summed E-state index contributed by atoms with van der Waals surface area (Å²) in [5.74, 6) is -0.429. The van der Waals surface area contributed by atoms with Gasteiger partial charge >= 0.3 is 6.09 Å². The molecule has 3 N–H and O–H groups in total. The molecule has 2 aromatic rings. The summed E-state index contributed by atoms with van der Waals surface area (Å²) in [6.45, 7) is 5.78. The third-order valence-corrected chi connectivity index (χ3v) is 3.00. The first-order valence-electron chi connectivity index (χ1n) is 6.13. The van der Waals surface area contributed by atoms with E-state index in [0.717, 1.165) is 0 Å². The van der Waals surface area contributed by atoms with E-state index in [-0.39, 0.29) is 16.9 Å². The van der Waals surface area contributed by atoms with E-state index in [0.29, 0.717) is 16.3 Å². The highest BCUT2D eigenvalue weighted by molar-refractivity contribution is 5.94. The minimum absolute atomic E-state index is 0.163. The van der Waals surface area contributed by atoms with Crippen LogP contribution in [0.4, 0.5) is 9.18 Å². The lowest BCUT2D eigenvalue weighted by Gasteiger charge is -2.24. The molecule has 5 heteroatoms. The Hall–Kier alpha value is -2.30. The second kappa shape index (κ2) is 4.67. The minimum Gasteiger partial charge on any atom is -0.507 e. The highest BCUT2D eigenvalue weighted by Gasteiger charge is 2.25. The summed E-state index contributed by atoms with van der Waals surface area (Å²) >= 11 is 0. The Labute approximate surface area is 116 Å². The molecular weight excluding hydrogens is 261 g/mol. The van der Waals surface area contributed by atoms with Crippen molar-refractivity contribution in [2.45, 2.75) is 26.2 Å². The normalized spacial score (nSPS) is 11.6. The number of phenols is 1. The van der Waals surface area contributed by atoms with Gasteiger partial charge in [0.15, 0.2) is 0 Å². The molecule has 106 valence electrons. The lowest BCUT2D eigenvalue weighted by atomic mass is 9.82. The number of phenolic OH excluding ortho intramolecular Hbond substituents is 1. The van der Waals surface area contributed by atoms with Crippen LogP contribution in [0.1, 0.15) is 26.3 Å². The molecule has 0 aliphatic rings. The minimum atomic E-state index is -0.962. The monoisotopic (exact) mass is 277 g/mol. The number of carbonyl (C=O) groups excluding carboxylic acids is 1. The molecule has 0 heterocycles. The zero-order valence-electron chi connectivity index (χ0n) is 11.5. The molecule has 4 nitrogen and oxygen atoms in total. The Morgan fingerprint density at radius 1 is 1.25 bits per heavy atom. The van der Waals surface area contributed by atoms with E-state index in [4.69, 9.17) is 10.5 Å². The zero-order valence-corrected chi connectivity index (χ0v) is 11.5. The van der Waals surface area contributed by atoms with Crippen LogP contribution in [-0.4, -0.2) is 11.2 Å². The SMILES string of the molecule is CC(C)(C)c1c(OC(N)=O)cc(O)c2cc(F)ccc12. The number of nitrogens with two attached hydrogens (primary N) is 1. The fourth-order valence-electron chi connectivity index (χ4n) is 2.32. The van der Waals surface area contributed by atoms with Crippen molar-refractivity contribution in [3.8, 4) is 11.5 Å². The molecule has 0 fully saturated rings. The lowest BCUT2D eigenvalue weighted by Crippen LogP contribution is -2.20. The number of ether oxygens (including phenoxy) is 1. The summed E-state index contributed by atoms with van der Waals surface area (Å²) in [5, 5.41) is 11.0. The number of hydrogen-bond acceptors (Lipinski definition) is 3. The highest BCUT2D eigenvalue weighted by Crippen LogP contribution is 2.42. The summed E-state index contributed by atoms with van der Waals surface area (Å²) in [5.41, 5.74) is 5.36. The van der Waals surface area contributed by atoms with Gasteiger partial charge in [0.1, 0.15) is 17.3 Å². The summed E-state index contributed by atoms with van der Waals surface area (Å²) in [6.07, 6.45) is -0.962. The van der Waals surface area contributed by atoms with Crippen LogP contribution in [0.3, 0.4) is 0 Å². The van der Waals surface area contributed by atoms with Crippen molar-refractivity contribution in [2.75, 3.05) is 0 Å². The molecule has 0 saturated heterocycles. The molecule has 20 heavy (non-hydrogen) atoms. The number of rotatable bonds is 1. The standard InChI is InChI=1S/C15H16FNO3/c1-15(2,3)13-9-5-4-8(16)6-10(9)11(18)7-12(13)20-14(17)19/h4-7,18H,1-3H3,(H2,17,19). The first-order valence-corrected chi connectivity index (χ1v) is 6.13. The molecule has 0 aliphatic heterocycles. The fraction of sp³-hybridized carbons (Fsp3) is 0.267. The third-order valence-electron chi connectivity index (χ3n) is 3.00. The maximum absolute atomic E-state index is 13.3. The second-order valence-electron chi connectivity index (χ2n) is 5.63. The van der Waals surface area contributed by atoms with Gasteiger partial charge < -0.3 is 15.6 Å². The van der Waals surface area contributed by atoms with Gasteiger partial charge in [-0.25, -0.2) is 9.18 Å². The van der Waals surface area contributed by atoms with Crippen LogP contribution in [0.2, 0.25) is 0 Å². The van der Waals surface area contributed by atoms with E-state index in [1.165, 1.54) is 18.2 Å². The van der Waals surface area contributed by atoms with Gasteiger partial charge in [0, 0.05) is 17.0 Å². The van der Waals surface area contributed by atoms with Crippen LogP contribution in [-0.2, 0) is 5.41 Å². The van der Waals surface area contributed by atoms with E-state index < -0.39 is 11.9 Å².